The minimum absolute atomic E-state index is 0.0400. The Hall–Kier alpha value is -2.28. The predicted octanol–water partition coefficient (Wildman–Crippen LogP) is 1.08. The van der Waals surface area contributed by atoms with Crippen molar-refractivity contribution in [1.82, 2.24) is 24.3 Å². The van der Waals surface area contributed by atoms with Crippen LogP contribution in [0, 0.1) is 5.82 Å². The number of nitrogens with zero attached hydrogens (tertiary/aromatic N) is 5. The number of hydrogen-bond acceptors (Lipinski definition) is 4. The number of carbonyl (C=O) groups excluding carboxylic acids is 1. The molecule has 1 fully saturated rings. The van der Waals surface area contributed by atoms with Crippen LogP contribution < -0.4 is 0 Å². The summed E-state index contributed by atoms with van der Waals surface area (Å²) < 4.78 is 14.9. The van der Waals surface area contributed by atoms with Crippen LogP contribution in [0.25, 0.3) is 0 Å². The molecule has 1 aliphatic rings. The van der Waals surface area contributed by atoms with E-state index in [-0.39, 0.29) is 17.6 Å². The molecule has 0 spiro atoms. The quantitative estimate of drug-likeness (QED) is 0.833. The monoisotopic (exact) mass is 303 g/mol. The predicted molar refractivity (Wildman–Crippen MR) is 78.7 cm³/mol. The van der Waals surface area contributed by atoms with Crippen molar-refractivity contribution in [2.75, 3.05) is 26.7 Å². The average Bonchev–Trinajstić information content (AvgIpc) is 2.94. The Bertz CT molecular complexity index is 669. The number of halogens is 1. The number of likely N-dealkylation sites (N-methyl/N-ethyl adjacent to an activating group) is 1. The van der Waals surface area contributed by atoms with Gasteiger partial charge in [-0.25, -0.2) is 14.4 Å². The Balaban J connectivity index is 1.79. The van der Waals surface area contributed by atoms with E-state index < -0.39 is 5.82 Å². The molecule has 0 aliphatic carbocycles. The molecular weight excluding hydrogens is 285 g/mol. The smallest absolute Gasteiger partial charge is 0.272 e. The molecule has 2 aromatic heterocycles. The first kappa shape index (κ1) is 14.6. The SMILES string of the molecule is CN1CCN(C(=O)c2ccc(F)cn2)C[C@H]1c1nccn1C. The van der Waals surface area contributed by atoms with Gasteiger partial charge in [-0.15, -0.1) is 0 Å². The fraction of sp³-hybridized carbons (Fsp3) is 0.400. The lowest BCUT2D eigenvalue weighted by Crippen LogP contribution is -2.49. The second-order valence-electron chi connectivity index (χ2n) is 5.51. The summed E-state index contributed by atoms with van der Waals surface area (Å²) in [6.45, 7) is 1.92. The van der Waals surface area contributed by atoms with Crippen LogP contribution in [0.4, 0.5) is 4.39 Å². The van der Waals surface area contributed by atoms with E-state index in [1.54, 1.807) is 11.1 Å². The zero-order chi connectivity index (χ0) is 15.7. The highest BCUT2D eigenvalue weighted by molar-refractivity contribution is 5.92. The van der Waals surface area contributed by atoms with Gasteiger partial charge in [0, 0.05) is 39.1 Å². The van der Waals surface area contributed by atoms with E-state index in [0.717, 1.165) is 18.6 Å². The van der Waals surface area contributed by atoms with Crippen molar-refractivity contribution in [3.05, 3.63) is 48.1 Å². The topological polar surface area (TPSA) is 54.3 Å². The third-order valence-electron chi connectivity index (χ3n) is 4.04. The molecule has 0 N–H and O–H groups in total. The number of carbonyl (C=O) groups is 1. The number of rotatable bonds is 2. The van der Waals surface area contributed by atoms with Crippen molar-refractivity contribution >= 4 is 5.91 Å². The van der Waals surface area contributed by atoms with Crippen molar-refractivity contribution in [1.29, 1.82) is 0 Å². The van der Waals surface area contributed by atoms with Crippen molar-refractivity contribution in [2.24, 2.45) is 7.05 Å². The van der Waals surface area contributed by atoms with Gasteiger partial charge in [-0.05, 0) is 19.2 Å². The highest BCUT2D eigenvalue weighted by Crippen LogP contribution is 2.23. The molecular formula is C15H18FN5O. The second kappa shape index (κ2) is 5.84. The number of piperazine rings is 1. The van der Waals surface area contributed by atoms with Crippen LogP contribution in [0.2, 0.25) is 0 Å². The number of aromatic nitrogens is 3. The minimum Gasteiger partial charge on any atom is -0.337 e. The highest BCUT2D eigenvalue weighted by atomic mass is 19.1. The first-order valence-electron chi connectivity index (χ1n) is 7.14. The van der Waals surface area contributed by atoms with Crippen molar-refractivity contribution in [3.8, 4) is 0 Å². The number of amides is 1. The molecule has 1 aliphatic heterocycles. The molecule has 1 atom stereocenters. The van der Waals surface area contributed by atoms with E-state index in [2.05, 4.69) is 14.9 Å². The fourth-order valence-electron chi connectivity index (χ4n) is 2.70. The van der Waals surface area contributed by atoms with Crippen molar-refractivity contribution in [3.63, 3.8) is 0 Å². The van der Waals surface area contributed by atoms with E-state index in [1.165, 1.54) is 12.1 Å². The molecule has 3 heterocycles. The van der Waals surface area contributed by atoms with Crippen LogP contribution in [0.15, 0.2) is 30.7 Å². The van der Waals surface area contributed by atoms with Crippen molar-refractivity contribution < 1.29 is 9.18 Å². The van der Waals surface area contributed by atoms with Gasteiger partial charge in [0.25, 0.3) is 5.91 Å². The van der Waals surface area contributed by atoms with Gasteiger partial charge in [-0.1, -0.05) is 0 Å². The fourth-order valence-corrected chi connectivity index (χ4v) is 2.70. The summed E-state index contributed by atoms with van der Waals surface area (Å²) in [5.41, 5.74) is 0.268. The van der Waals surface area contributed by atoms with Gasteiger partial charge in [0.15, 0.2) is 0 Å². The molecule has 0 aromatic carbocycles. The van der Waals surface area contributed by atoms with E-state index in [4.69, 9.17) is 0 Å². The van der Waals surface area contributed by atoms with Gasteiger partial charge >= 0.3 is 0 Å². The van der Waals surface area contributed by atoms with Crippen LogP contribution in [-0.4, -0.2) is 56.9 Å². The molecule has 116 valence electrons. The molecule has 3 rings (SSSR count). The zero-order valence-corrected chi connectivity index (χ0v) is 12.6. The number of imidazole rings is 1. The summed E-state index contributed by atoms with van der Waals surface area (Å²) in [6, 6.07) is 2.72. The van der Waals surface area contributed by atoms with Crippen LogP contribution in [0.1, 0.15) is 22.4 Å². The Kier molecular flexibility index (Phi) is 3.89. The van der Waals surface area contributed by atoms with Gasteiger partial charge < -0.3 is 9.47 Å². The average molecular weight is 303 g/mol. The van der Waals surface area contributed by atoms with E-state index in [1.807, 2.05) is 24.9 Å². The maximum absolute atomic E-state index is 12.9. The van der Waals surface area contributed by atoms with Gasteiger partial charge in [-0.2, -0.15) is 0 Å². The maximum atomic E-state index is 12.9. The molecule has 0 radical (unpaired) electrons. The molecule has 1 saturated heterocycles. The second-order valence-corrected chi connectivity index (χ2v) is 5.51. The van der Waals surface area contributed by atoms with Crippen LogP contribution in [0.5, 0.6) is 0 Å². The number of hydrogen-bond donors (Lipinski definition) is 0. The third kappa shape index (κ3) is 2.71. The lowest BCUT2D eigenvalue weighted by molar-refractivity contribution is 0.0523. The molecule has 0 saturated carbocycles. The van der Waals surface area contributed by atoms with Crippen LogP contribution in [0.3, 0.4) is 0 Å². The first-order valence-corrected chi connectivity index (χ1v) is 7.14. The van der Waals surface area contributed by atoms with Gasteiger partial charge in [-0.3, -0.25) is 9.69 Å². The molecule has 6 nitrogen and oxygen atoms in total. The van der Waals surface area contributed by atoms with E-state index in [0.29, 0.717) is 13.1 Å². The summed E-state index contributed by atoms with van der Waals surface area (Å²) in [5.74, 6) is 0.306. The molecule has 7 heteroatoms. The van der Waals surface area contributed by atoms with Gasteiger partial charge in [0.05, 0.1) is 12.2 Å². The first-order chi connectivity index (χ1) is 10.6. The molecule has 1 amide bonds. The third-order valence-corrected chi connectivity index (χ3v) is 4.04. The highest BCUT2D eigenvalue weighted by Gasteiger charge is 2.31. The minimum atomic E-state index is -0.444. The Labute approximate surface area is 128 Å². The van der Waals surface area contributed by atoms with Crippen LogP contribution in [-0.2, 0) is 7.05 Å². The number of pyridine rings is 1. The summed E-state index contributed by atoms with van der Waals surface area (Å²) >= 11 is 0. The van der Waals surface area contributed by atoms with Gasteiger partial charge in [0.1, 0.15) is 17.3 Å². The Morgan fingerprint density at radius 3 is 2.73 bits per heavy atom. The van der Waals surface area contributed by atoms with Gasteiger partial charge in [0.2, 0.25) is 0 Å². The lowest BCUT2D eigenvalue weighted by Gasteiger charge is -2.38. The maximum Gasteiger partial charge on any atom is 0.272 e. The largest absolute Gasteiger partial charge is 0.337 e. The molecule has 0 bridgehead atoms. The Morgan fingerprint density at radius 2 is 2.09 bits per heavy atom. The normalized spacial score (nSPS) is 19.4. The molecule has 2 aromatic rings. The number of aryl methyl sites for hydroxylation is 1. The standard InChI is InChI=1S/C15H18FN5O/c1-19-7-8-21(10-13(19)14-17-5-6-20(14)2)15(22)12-4-3-11(16)9-18-12/h3-6,9,13H,7-8,10H2,1-2H3/t13-/m0/s1. The summed E-state index contributed by atoms with van der Waals surface area (Å²) in [6.07, 6.45) is 4.72. The van der Waals surface area contributed by atoms with Crippen LogP contribution >= 0.6 is 0 Å². The van der Waals surface area contributed by atoms with E-state index in [9.17, 15) is 9.18 Å². The summed E-state index contributed by atoms with van der Waals surface area (Å²) in [7, 11) is 3.97. The summed E-state index contributed by atoms with van der Waals surface area (Å²) in [5, 5.41) is 0. The molecule has 22 heavy (non-hydrogen) atoms. The van der Waals surface area contributed by atoms with E-state index >= 15 is 0 Å². The van der Waals surface area contributed by atoms with Crippen molar-refractivity contribution in [2.45, 2.75) is 6.04 Å². The zero-order valence-electron chi connectivity index (χ0n) is 12.6. The Morgan fingerprint density at radius 1 is 1.27 bits per heavy atom. The molecule has 0 unspecified atom stereocenters. The lowest BCUT2D eigenvalue weighted by atomic mass is 10.1. The summed E-state index contributed by atoms with van der Waals surface area (Å²) in [4.78, 5) is 24.7.